The molecule has 2 aliphatic heterocycles. The summed E-state index contributed by atoms with van der Waals surface area (Å²) in [6.45, 7) is 14.1. The van der Waals surface area contributed by atoms with Crippen LogP contribution in [0.1, 0.15) is 48.0 Å². The van der Waals surface area contributed by atoms with Crippen LogP contribution in [0.5, 0.6) is 0 Å². The van der Waals surface area contributed by atoms with Gasteiger partial charge in [-0.05, 0) is 52.1 Å². The van der Waals surface area contributed by atoms with Gasteiger partial charge in [0.05, 0.1) is 24.4 Å². The highest BCUT2D eigenvalue weighted by Crippen LogP contribution is 2.39. The van der Waals surface area contributed by atoms with Gasteiger partial charge in [-0.1, -0.05) is 31.2 Å². The Morgan fingerprint density at radius 1 is 1.14 bits per heavy atom. The highest BCUT2D eigenvalue weighted by atomic mass is 16.7. The van der Waals surface area contributed by atoms with E-state index in [1.807, 2.05) is 6.92 Å². The molecule has 0 spiro atoms. The lowest BCUT2D eigenvalue weighted by Crippen LogP contribution is -2.41. The first kappa shape index (κ1) is 17.5. The fraction of sp³-hybridized carbons (Fsp3) is 0.667. The Hall–Kier alpha value is -0.835. The van der Waals surface area contributed by atoms with E-state index in [1.54, 1.807) is 0 Å². The topological polar surface area (TPSA) is 27.7 Å². The normalized spacial score (nSPS) is 25.8. The molecule has 2 aliphatic rings. The van der Waals surface area contributed by atoms with Crippen molar-refractivity contribution in [3.63, 3.8) is 0 Å². The van der Waals surface area contributed by atoms with Crippen LogP contribution in [0.15, 0.2) is 35.3 Å². The summed E-state index contributed by atoms with van der Waals surface area (Å²) in [4.78, 5) is 0. The van der Waals surface area contributed by atoms with Gasteiger partial charge in [-0.25, -0.2) is 0 Å². The maximum atomic E-state index is 6.16. The highest BCUT2D eigenvalue weighted by molar-refractivity contribution is 6.55. The zero-order valence-electron chi connectivity index (χ0n) is 14.8. The molecule has 4 heteroatoms. The Morgan fingerprint density at radius 2 is 1.73 bits per heavy atom. The lowest BCUT2D eigenvalue weighted by atomic mass is 9.76. The average Bonchev–Trinajstić information content (AvgIpc) is 2.59. The van der Waals surface area contributed by atoms with Crippen molar-refractivity contribution in [2.75, 3.05) is 13.2 Å². The molecule has 22 heavy (non-hydrogen) atoms. The Balaban J connectivity index is 2.20. The second-order valence-corrected chi connectivity index (χ2v) is 7.07. The van der Waals surface area contributed by atoms with Crippen LogP contribution in [0.2, 0.25) is 0 Å². The predicted molar refractivity (Wildman–Crippen MR) is 91.7 cm³/mol. The van der Waals surface area contributed by atoms with Crippen molar-refractivity contribution in [3.05, 3.63) is 35.3 Å². The lowest BCUT2D eigenvalue weighted by molar-refractivity contribution is -0.0117. The molecule has 122 valence electrons. The predicted octanol–water partition coefficient (Wildman–Crippen LogP) is 4.10. The Bertz CT molecular complexity index is 469. The Kier molecular flexibility index (Phi) is 5.36. The molecule has 0 aromatic carbocycles. The van der Waals surface area contributed by atoms with Gasteiger partial charge >= 0.3 is 7.12 Å². The van der Waals surface area contributed by atoms with E-state index in [2.05, 4.69) is 58.9 Å². The van der Waals surface area contributed by atoms with Gasteiger partial charge in [0.15, 0.2) is 0 Å². The number of allylic oxidation sites excluding steroid dienone is 5. The standard InChI is InChI=1S/C18H29BO3/c1-7-9-10-14(15-12-20-13-15)11-16(8-2)19-21-17(3,4)18(5,6)22-19/h8-11,15H,7,12-13H2,1-6H3/b10-9+,14-11+,16-8+. The van der Waals surface area contributed by atoms with Crippen LogP contribution in [0.25, 0.3) is 0 Å². The quantitative estimate of drug-likeness (QED) is 0.565. The fourth-order valence-corrected chi connectivity index (χ4v) is 2.44. The van der Waals surface area contributed by atoms with E-state index in [0.717, 1.165) is 25.1 Å². The monoisotopic (exact) mass is 304 g/mol. The molecule has 2 rings (SSSR count). The molecule has 2 saturated heterocycles. The first-order chi connectivity index (χ1) is 10.3. The number of ether oxygens (including phenoxy) is 1. The minimum absolute atomic E-state index is 0.305. The summed E-state index contributed by atoms with van der Waals surface area (Å²) in [5.41, 5.74) is 1.77. The average molecular weight is 304 g/mol. The summed E-state index contributed by atoms with van der Waals surface area (Å²) < 4.78 is 17.7. The second kappa shape index (κ2) is 6.73. The van der Waals surface area contributed by atoms with Gasteiger partial charge in [0, 0.05) is 5.92 Å². The van der Waals surface area contributed by atoms with Crippen molar-refractivity contribution < 1.29 is 14.0 Å². The first-order valence-electron chi connectivity index (χ1n) is 8.28. The van der Waals surface area contributed by atoms with Crippen LogP contribution in [-0.2, 0) is 14.0 Å². The molecule has 0 aromatic heterocycles. The van der Waals surface area contributed by atoms with E-state index >= 15 is 0 Å². The number of rotatable bonds is 5. The van der Waals surface area contributed by atoms with Crippen LogP contribution in [0.3, 0.4) is 0 Å². The van der Waals surface area contributed by atoms with Crippen molar-refractivity contribution >= 4 is 7.12 Å². The Labute approximate surface area is 135 Å². The maximum Gasteiger partial charge on any atom is 0.494 e. The zero-order chi connectivity index (χ0) is 16.4. The molecular formula is C18H29BO3. The summed E-state index contributed by atoms with van der Waals surface area (Å²) in [7, 11) is -0.305. The molecule has 2 heterocycles. The largest absolute Gasteiger partial charge is 0.494 e. The fourth-order valence-electron chi connectivity index (χ4n) is 2.44. The molecule has 0 radical (unpaired) electrons. The van der Waals surface area contributed by atoms with Gasteiger partial charge in [0.2, 0.25) is 0 Å². The van der Waals surface area contributed by atoms with Crippen molar-refractivity contribution in [1.82, 2.24) is 0 Å². The van der Waals surface area contributed by atoms with Gasteiger partial charge in [0.1, 0.15) is 0 Å². The van der Waals surface area contributed by atoms with Crippen molar-refractivity contribution in [2.45, 2.75) is 59.2 Å². The Morgan fingerprint density at radius 3 is 2.14 bits per heavy atom. The summed E-state index contributed by atoms with van der Waals surface area (Å²) >= 11 is 0. The molecule has 0 amide bonds. The SMILES string of the molecule is C\C=C(/C=C(\C=C\CC)C1COC1)B1OC(C)(C)C(C)(C)O1. The minimum atomic E-state index is -0.307. The summed E-state index contributed by atoms with van der Waals surface area (Å²) in [6, 6.07) is 0. The summed E-state index contributed by atoms with van der Waals surface area (Å²) in [6.07, 6.45) is 9.74. The van der Waals surface area contributed by atoms with Gasteiger partial charge in [-0.15, -0.1) is 0 Å². The summed E-state index contributed by atoms with van der Waals surface area (Å²) in [5, 5.41) is 0. The number of hydrogen-bond acceptors (Lipinski definition) is 3. The van der Waals surface area contributed by atoms with Crippen LogP contribution >= 0.6 is 0 Å². The smallest absolute Gasteiger partial charge is 0.399 e. The van der Waals surface area contributed by atoms with E-state index in [-0.39, 0.29) is 18.3 Å². The van der Waals surface area contributed by atoms with Gasteiger partial charge in [-0.3, -0.25) is 0 Å². The third kappa shape index (κ3) is 3.56. The van der Waals surface area contributed by atoms with Crippen LogP contribution in [0.4, 0.5) is 0 Å². The molecule has 0 N–H and O–H groups in total. The molecule has 0 atom stereocenters. The maximum absolute atomic E-state index is 6.16. The van der Waals surface area contributed by atoms with Crippen molar-refractivity contribution in [1.29, 1.82) is 0 Å². The molecule has 0 saturated carbocycles. The summed E-state index contributed by atoms with van der Waals surface area (Å²) in [5.74, 6) is 0.486. The van der Waals surface area contributed by atoms with E-state index in [1.165, 1.54) is 5.57 Å². The molecule has 0 aliphatic carbocycles. The lowest BCUT2D eigenvalue weighted by Gasteiger charge is -2.32. The van der Waals surface area contributed by atoms with Gasteiger partial charge in [-0.2, -0.15) is 0 Å². The van der Waals surface area contributed by atoms with Gasteiger partial charge < -0.3 is 14.0 Å². The molecule has 2 fully saturated rings. The van der Waals surface area contributed by atoms with E-state index in [0.29, 0.717) is 5.92 Å². The first-order valence-corrected chi connectivity index (χ1v) is 8.28. The van der Waals surface area contributed by atoms with E-state index in [9.17, 15) is 0 Å². The van der Waals surface area contributed by atoms with Crippen LogP contribution < -0.4 is 0 Å². The minimum Gasteiger partial charge on any atom is -0.399 e. The van der Waals surface area contributed by atoms with Gasteiger partial charge in [0.25, 0.3) is 0 Å². The third-order valence-corrected chi connectivity index (χ3v) is 4.85. The third-order valence-electron chi connectivity index (χ3n) is 4.85. The van der Waals surface area contributed by atoms with E-state index in [4.69, 9.17) is 14.0 Å². The van der Waals surface area contributed by atoms with Crippen molar-refractivity contribution in [3.8, 4) is 0 Å². The van der Waals surface area contributed by atoms with E-state index < -0.39 is 0 Å². The van der Waals surface area contributed by atoms with Crippen LogP contribution in [-0.4, -0.2) is 31.5 Å². The number of hydrogen-bond donors (Lipinski definition) is 0. The highest BCUT2D eigenvalue weighted by Gasteiger charge is 2.52. The zero-order valence-corrected chi connectivity index (χ0v) is 14.8. The van der Waals surface area contributed by atoms with Crippen LogP contribution in [0, 0.1) is 5.92 Å². The molecular weight excluding hydrogens is 275 g/mol. The molecule has 0 unspecified atom stereocenters. The second-order valence-electron chi connectivity index (χ2n) is 7.07. The molecule has 0 bridgehead atoms. The van der Waals surface area contributed by atoms with Crippen molar-refractivity contribution in [2.24, 2.45) is 5.92 Å². The molecule has 0 aromatic rings. The molecule has 3 nitrogen and oxygen atoms in total.